The number of esters is 2. The van der Waals surface area contributed by atoms with Gasteiger partial charge in [-0.2, -0.15) is 0 Å². The minimum absolute atomic E-state index is 0.0139. The number of likely N-dealkylation sites (tertiary alicyclic amines) is 2. The van der Waals surface area contributed by atoms with Gasteiger partial charge in [-0.1, -0.05) is 0 Å². The van der Waals surface area contributed by atoms with Crippen molar-refractivity contribution >= 4 is 30.2 Å². The Hall–Kier alpha value is -3.25. The Morgan fingerprint density at radius 3 is 1.29 bits per heavy atom. The molecule has 4 amide bonds. The van der Waals surface area contributed by atoms with Crippen LogP contribution in [0.2, 0.25) is 0 Å². The van der Waals surface area contributed by atoms with Crippen molar-refractivity contribution in [3.63, 3.8) is 0 Å². The molecule has 0 aliphatic carbocycles. The van der Waals surface area contributed by atoms with Gasteiger partial charge in [0, 0.05) is 26.2 Å². The summed E-state index contributed by atoms with van der Waals surface area (Å²) < 4.78 is 21.1. The lowest BCUT2D eigenvalue weighted by molar-refractivity contribution is -0.148. The van der Waals surface area contributed by atoms with Crippen LogP contribution in [-0.2, 0) is 28.5 Å². The van der Waals surface area contributed by atoms with Crippen LogP contribution in [0.15, 0.2) is 0 Å². The molecule has 13 heteroatoms. The van der Waals surface area contributed by atoms with E-state index in [-0.39, 0.29) is 39.4 Å². The molecular weight excluding hydrogens is 500 g/mol. The fourth-order valence-electron chi connectivity index (χ4n) is 4.21. The van der Waals surface area contributed by atoms with Gasteiger partial charge in [0.2, 0.25) is 0 Å². The van der Waals surface area contributed by atoms with Crippen molar-refractivity contribution in [3.05, 3.63) is 0 Å². The normalized spacial score (nSPS) is 23.5. The molecule has 0 spiro atoms. The molecule has 2 saturated heterocycles. The summed E-state index contributed by atoms with van der Waals surface area (Å²) in [6, 6.07) is -2.18. The minimum atomic E-state index is -0.809. The molecule has 0 saturated carbocycles. The lowest BCUT2D eigenvalue weighted by Crippen LogP contribution is -2.53. The first-order valence-electron chi connectivity index (χ1n) is 12.9. The minimum Gasteiger partial charge on any atom is -0.466 e. The topological polar surface area (TPSA) is 153 Å². The molecule has 2 heterocycles. The van der Waals surface area contributed by atoms with Crippen molar-refractivity contribution in [3.8, 4) is 0 Å². The summed E-state index contributed by atoms with van der Waals surface area (Å²) in [6.45, 7) is 14.1. The van der Waals surface area contributed by atoms with Gasteiger partial charge in [0.15, 0.2) is 0 Å². The van der Waals surface area contributed by atoms with E-state index in [9.17, 15) is 24.0 Å². The third-order valence-electron chi connectivity index (χ3n) is 5.75. The largest absolute Gasteiger partial charge is 0.466 e. The molecule has 2 rings (SSSR count). The Balaban J connectivity index is 2.13. The number of amides is 4. The van der Waals surface area contributed by atoms with Gasteiger partial charge in [-0.15, -0.1) is 0 Å². The monoisotopic (exact) mass is 542 g/mol. The Labute approximate surface area is 223 Å². The second kappa shape index (κ2) is 12.5. The van der Waals surface area contributed by atoms with Crippen molar-refractivity contribution in [2.75, 3.05) is 39.4 Å². The smallest absolute Gasteiger partial charge is 0.410 e. The van der Waals surface area contributed by atoms with Crippen LogP contribution >= 0.6 is 0 Å². The summed E-state index contributed by atoms with van der Waals surface area (Å²) in [5.41, 5.74) is -1.46. The molecule has 13 nitrogen and oxygen atoms in total. The van der Waals surface area contributed by atoms with E-state index in [1.165, 1.54) is 9.80 Å². The van der Waals surface area contributed by atoms with Gasteiger partial charge in [0.25, 0.3) is 0 Å². The number of hydrogen-bond donors (Lipinski definition) is 2. The third-order valence-corrected chi connectivity index (χ3v) is 5.75. The highest BCUT2D eigenvalue weighted by atomic mass is 16.6. The fraction of sp³-hybridized carbons (Fsp3) is 0.800. The van der Waals surface area contributed by atoms with Crippen LogP contribution < -0.4 is 10.6 Å². The van der Waals surface area contributed by atoms with Crippen LogP contribution in [0.1, 0.15) is 55.4 Å². The first-order chi connectivity index (χ1) is 17.5. The molecule has 0 aromatic heterocycles. The molecular formula is C25H42N4O9. The summed E-state index contributed by atoms with van der Waals surface area (Å²) in [7, 11) is 0. The molecule has 0 bridgehead atoms. The van der Waals surface area contributed by atoms with E-state index in [0.717, 1.165) is 0 Å². The maximum absolute atomic E-state index is 13.0. The Kier molecular flexibility index (Phi) is 10.2. The van der Waals surface area contributed by atoms with Crippen LogP contribution in [-0.4, -0.2) is 103 Å². The molecule has 38 heavy (non-hydrogen) atoms. The second-order valence-corrected chi connectivity index (χ2v) is 11.3. The number of ether oxygens (including phenoxy) is 4. The van der Waals surface area contributed by atoms with E-state index in [1.54, 1.807) is 55.4 Å². The highest BCUT2D eigenvalue weighted by molar-refractivity contribution is 5.82. The predicted molar refractivity (Wildman–Crippen MR) is 135 cm³/mol. The van der Waals surface area contributed by atoms with Crippen molar-refractivity contribution in [2.45, 2.75) is 78.7 Å². The van der Waals surface area contributed by atoms with E-state index in [2.05, 4.69) is 10.6 Å². The van der Waals surface area contributed by atoms with E-state index >= 15 is 0 Å². The van der Waals surface area contributed by atoms with Crippen LogP contribution in [0.5, 0.6) is 0 Å². The standard InChI is InChI=1S/C25H42N4O9/c1-9-35-19(30)15-11-28(22(33)37-24(3,4)5)13-17(15)26-21(32)27-18-14-29(23(34)38-25(6,7)8)12-16(18)20(31)36-10-2/h15-18H,9-14H2,1-8H3,(H2,26,27,32)/t15-,16-,17-,18+/m1/s1. The number of carbonyl (C=O) groups excluding carboxylic acids is 5. The molecule has 0 unspecified atom stereocenters. The van der Waals surface area contributed by atoms with Crippen LogP contribution in [0.4, 0.5) is 14.4 Å². The summed E-state index contributed by atoms with van der Waals surface area (Å²) in [6.07, 6.45) is -1.22. The highest BCUT2D eigenvalue weighted by Gasteiger charge is 2.45. The van der Waals surface area contributed by atoms with Crippen molar-refractivity contribution in [2.24, 2.45) is 11.8 Å². The summed E-state index contributed by atoms with van der Waals surface area (Å²) in [5, 5.41) is 5.46. The number of urea groups is 1. The number of nitrogens with zero attached hydrogens (tertiary/aromatic N) is 2. The average Bonchev–Trinajstić information content (AvgIpc) is 3.36. The van der Waals surface area contributed by atoms with Gasteiger partial charge in [0.1, 0.15) is 11.2 Å². The molecule has 2 aliphatic heterocycles. The zero-order valence-corrected chi connectivity index (χ0v) is 23.6. The number of nitrogens with one attached hydrogen (secondary N) is 2. The van der Waals surface area contributed by atoms with Crippen molar-refractivity contribution in [1.29, 1.82) is 0 Å². The molecule has 0 aromatic rings. The first-order valence-corrected chi connectivity index (χ1v) is 12.9. The van der Waals surface area contributed by atoms with E-state index in [4.69, 9.17) is 18.9 Å². The first kappa shape index (κ1) is 31.0. The molecule has 2 fully saturated rings. The van der Waals surface area contributed by atoms with E-state index in [1.807, 2.05) is 0 Å². The Morgan fingerprint density at radius 1 is 0.658 bits per heavy atom. The number of hydrogen-bond acceptors (Lipinski definition) is 9. The number of carbonyl (C=O) groups is 5. The molecule has 4 atom stereocenters. The molecule has 2 N–H and O–H groups in total. The zero-order valence-electron chi connectivity index (χ0n) is 23.6. The highest BCUT2D eigenvalue weighted by Crippen LogP contribution is 2.24. The van der Waals surface area contributed by atoms with E-state index in [0.29, 0.717) is 0 Å². The summed E-state index contributed by atoms with van der Waals surface area (Å²) >= 11 is 0. The van der Waals surface area contributed by atoms with Gasteiger partial charge >= 0.3 is 30.2 Å². The summed E-state index contributed by atoms with van der Waals surface area (Å²) in [4.78, 5) is 66.1. The van der Waals surface area contributed by atoms with Gasteiger partial charge in [-0.3, -0.25) is 9.59 Å². The van der Waals surface area contributed by atoms with Gasteiger partial charge in [-0.05, 0) is 55.4 Å². The maximum Gasteiger partial charge on any atom is 0.410 e. The van der Waals surface area contributed by atoms with Crippen LogP contribution in [0.3, 0.4) is 0 Å². The maximum atomic E-state index is 13.0. The molecule has 216 valence electrons. The lowest BCUT2D eigenvalue weighted by Gasteiger charge is -2.25. The Morgan fingerprint density at radius 2 is 1.00 bits per heavy atom. The third kappa shape index (κ3) is 8.95. The average molecular weight is 543 g/mol. The SMILES string of the molecule is CCOC(=O)[C@@H]1CN(C(=O)OC(C)(C)C)C[C@@H]1NC(=O)N[C@@H]1CN(C(=O)OC(C)(C)C)C[C@H]1C(=O)OCC. The zero-order chi connectivity index (χ0) is 28.8. The van der Waals surface area contributed by atoms with Crippen molar-refractivity contribution < 1.29 is 42.9 Å². The van der Waals surface area contributed by atoms with Crippen LogP contribution in [0, 0.1) is 11.8 Å². The fourth-order valence-corrected chi connectivity index (χ4v) is 4.21. The predicted octanol–water partition coefficient (Wildman–Crippen LogP) is 1.88. The summed E-state index contributed by atoms with van der Waals surface area (Å²) in [5.74, 6) is -2.72. The van der Waals surface area contributed by atoms with Gasteiger partial charge in [-0.25, -0.2) is 14.4 Å². The molecule has 0 aromatic carbocycles. The van der Waals surface area contributed by atoms with Crippen LogP contribution in [0.25, 0.3) is 0 Å². The quantitative estimate of drug-likeness (QED) is 0.378. The molecule has 2 aliphatic rings. The van der Waals surface area contributed by atoms with Gasteiger partial charge < -0.3 is 39.4 Å². The van der Waals surface area contributed by atoms with Crippen molar-refractivity contribution in [1.82, 2.24) is 20.4 Å². The van der Waals surface area contributed by atoms with E-state index < -0.39 is 65.3 Å². The second-order valence-electron chi connectivity index (χ2n) is 11.3. The lowest BCUT2D eigenvalue weighted by atomic mass is 10.0. The van der Waals surface area contributed by atoms with Gasteiger partial charge in [0.05, 0.1) is 37.1 Å². The Bertz CT molecular complexity index is 826. The number of rotatable bonds is 6. The molecule has 0 radical (unpaired) electrons.